The Kier molecular flexibility index (Phi) is 3.93. The molecule has 8 heteroatoms. The Hall–Kier alpha value is -1.08. The van der Waals surface area contributed by atoms with E-state index in [0.717, 1.165) is 6.20 Å². The Labute approximate surface area is 92.6 Å². The van der Waals surface area contributed by atoms with Gasteiger partial charge in [0.25, 0.3) is 5.88 Å². The van der Waals surface area contributed by atoms with Crippen LogP contribution in [0.5, 0.6) is 5.88 Å². The van der Waals surface area contributed by atoms with Gasteiger partial charge in [0, 0.05) is 17.6 Å². The molecule has 0 aliphatic carbocycles. The molecule has 3 nitrogen and oxygen atoms in total. The summed E-state index contributed by atoms with van der Waals surface area (Å²) < 4.78 is 52.1. The first-order valence-electron chi connectivity index (χ1n) is 3.98. The van der Waals surface area contributed by atoms with E-state index in [-0.39, 0.29) is 17.0 Å². The van der Waals surface area contributed by atoms with Crippen molar-refractivity contribution in [2.24, 2.45) is 0 Å². The maximum Gasteiger partial charge on any atom is 0.574 e. The highest BCUT2D eigenvalue weighted by Crippen LogP contribution is 2.27. The summed E-state index contributed by atoms with van der Waals surface area (Å²) in [4.78, 5) is 3.13. The molecule has 0 aromatic carbocycles. The van der Waals surface area contributed by atoms with E-state index in [1.807, 2.05) is 0 Å². The maximum atomic E-state index is 13.3. The third kappa shape index (κ3) is 2.96. The molecule has 0 radical (unpaired) electrons. The lowest BCUT2D eigenvalue weighted by Gasteiger charge is -2.11. The van der Waals surface area contributed by atoms with Gasteiger partial charge in [-0.25, -0.2) is 9.37 Å². The largest absolute Gasteiger partial charge is 0.574 e. The lowest BCUT2D eigenvalue weighted by molar-refractivity contribution is -0.277. The van der Waals surface area contributed by atoms with Crippen LogP contribution in [0.1, 0.15) is 11.1 Å². The van der Waals surface area contributed by atoms with Crippen molar-refractivity contribution in [2.75, 3.05) is 0 Å². The molecule has 0 saturated heterocycles. The van der Waals surface area contributed by atoms with Crippen LogP contribution in [-0.2, 0) is 12.5 Å². The molecule has 0 spiro atoms. The summed E-state index contributed by atoms with van der Waals surface area (Å²) in [5, 5.41) is 8.79. The highest BCUT2D eigenvalue weighted by atomic mass is 35.5. The molecule has 1 aromatic rings. The molecular formula is C8H6ClF4NO2. The molecule has 1 heterocycles. The van der Waals surface area contributed by atoms with Gasteiger partial charge in [-0.2, -0.15) is 0 Å². The number of hydrogen-bond acceptors (Lipinski definition) is 3. The van der Waals surface area contributed by atoms with E-state index in [4.69, 9.17) is 16.7 Å². The quantitative estimate of drug-likeness (QED) is 0.669. The highest BCUT2D eigenvalue weighted by molar-refractivity contribution is 6.17. The van der Waals surface area contributed by atoms with E-state index in [2.05, 4.69) is 9.72 Å². The minimum absolute atomic E-state index is 0.108. The first-order chi connectivity index (χ1) is 7.39. The summed E-state index contributed by atoms with van der Waals surface area (Å²) in [6.45, 7) is -0.787. The Balaban J connectivity index is 3.14. The molecule has 0 bridgehead atoms. The number of halogens is 5. The molecule has 0 saturated carbocycles. The molecular weight excluding hydrogens is 254 g/mol. The van der Waals surface area contributed by atoms with Gasteiger partial charge in [0.1, 0.15) is 0 Å². The number of aliphatic hydroxyl groups excluding tert-OH is 1. The third-order valence-electron chi connectivity index (χ3n) is 1.69. The molecule has 0 aliphatic rings. The molecule has 0 amide bonds. The lowest BCUT2D eigenvalue weighted by atomic mass is 10.1. The fraction of sp³-hybridized carbons (Fsp3) is 0.375. The Morgan fingerprint density at radius 1 is 1.44 bits per heavy atom. The minimum atomic E-state index is -5.04. The number of nitrogens with zero attached hydrogens (tertiary/aromatic N) is 1. The number of aromatic nitrogens is 1. The average Bonchev–Trinajstić information content (AvgIpc) is 2.19. The lowest BCUT2D eigenvalue weighted by Crippen LogP contribution is -2.19. The van der Waals surface area contributed by atoms with E-state index in [9.17, 15) is 17.6 Å². The average molecular weight is 260 g/mol. The second-order valence-electron chi connectivity index (χ2n) is 2.72. The van der Waals surface area contributed by atoms with E-state index >= 15 is 0 Å². The predicted octanol–water partition coefficient (Wildman–Crippen LogP) is 2.35. The Bertz CT molecular complexity index is 383. The first kappa shape index (κ1) is 13.0. The number of ether oxygens (including phenoxy) is 1. The standard InChI is InChI=1S/C8H6ClF4NO2/c9-1-4-2-14-7(16-8(11,12)13)6(10)5(4)3-15/h2,15H,1,3H2. The van der Waals surface area contributed by atoms with Crippen molar-refractivity contribution < 1.29 is 27.4 Å². The molecule has 1 rings (SSSR count). The predicted molar refractivity (Wildman–Crippen MR) is 46.4 cm³/mol. The number of alkyl halides is 4. The van der Waals surface area contributed by atoms with Crippen LogP contribution in [-0.4, -0.2) is 16.5 Å². The van der Waals surface area contributed by atoms with Crippen molar-refractivity contribution in [1.82, 2.24) is 4.98 Å². The molecule has 0 aliphatic heterocycles. The number of pyridine rings is 1. The van der Waals surface area contributed by atoms with Crippen LogP contribution < -0.4 is 4.74 Å². The highest BCUT2D eigenvalue weighted by Gasteiger charge is 2.34. The second-order valence-corrected chi connectivity index (χ2v) is 2.99. The first-order valence-corrected chi connectivity index (χ1v) is 4.51. The van der Waals surface area contributed by atoms with Gasteiger partial charge in [-0.3, -0.25) is 0 Å². The van der Waals surface area contributed by atoms with Crippen molar-refractivity contribution in [3.05, 3.63) is 23.1 Å². The van der Waals surface area contributed by atoms with Crippen molar-refractivity contribution >= 4 is 11.6 Å². The summed E-state index contributed by atoms with van der Waals surface area (Å²) in [7, 11) is 0. The number of rotatable bonds is 3. The topological polar surface area (TPSA) is 42.4 Å². The van der Waals surface area contributed by atoms with Crippen LogP contribution in [0.25, 0.3) is 0 Å². The van der Waals surface area contributed by atoms with Gasteiger partial charge in [-0.05, 0) is 5.56 Å². The number of hydrogen-bond donors (Lipinski definition) is 1. The van der Waals surface area contributed by atoms with E-state index < -0.39 is 24.7 Å². The summed E-state index contributed by atoms with van der Waals surface area (Å²) in [6, 6.07) is 0. The molecule has 1 aromatic heterocycles. The van der Waals surface area contributed by atoms with Gasteiger partial charge in [-0.15, -0.1) is 24.8 Å². The van der Waals surface area contributed by atoms with Crippen molar-refractivity contribution in [2.45, 2.75) is 18.8 Å². The van der Waals surface area contributed by atoms with Crippen LogP contribution in [0.4, 0.5) is 17.6 Å². The second kappa shape index (κ2) is 4.84. The van der Waals surface area contributed by atoms with Gasteiger partial charge in [0.2, 0.25) is 0 Å². The molecule has 1 N–H and O–H groups in total. The van der Waals surface area contributed by atoms with Crippen LogP contribution in [0, 0.1) is 5.82 Å². The zero-order valence-corrected chi connectivity index (χ0v) is 8.44. The normalized spacial score (nSPS) is 11.6. The van der Waals surface area contributed by atoms with Crippen LogP contribution in [0.2, 0.25) is 0 Å². The van der Waals surface area contributed by atoms with Gasteiger partial charge in [-0.1, -0.05) is 0 Å². The molecule has 90 valence electrons. The smallest absolute Gasteiger partial charge is 0.392 e. The third-order valence-corrected chi connectivity index (χ3v) is 1.98. The minimum Gasteiger partial charge on any atom is -0.392 e. The fourth-order valence-electron chi connectivity index (χ4n) is 1.01. The summed E-state index contributed by atoms with van der Waals surface area (Å²) >= 11 is 5.39. The maximum absolute atomic E-state index is 13.3. The van der Waals surface area contributed by atoms with Gasteiger partial charge >= 0.3 is 6.36 Å². The fourth-order valence-corrected chi connectivity index (χ4v) is 1.24. The monoisotopic (exact) mass is 259 g/mol. The van der Waals surface area contributed by atoms with Crippen LogP contribution in [0.3, 0.4) is 0 Å². The van der Waals surface area contributed by atoms with Crippen molar-refractivity contribution in [3.8, 4) is 5.88 Å². The van der Waals surface area contributed by atoms with Crippen LogP contribution in [0.15, 0.2) is 6.20 Å². The summed E-state index contributed by atoms with van der Waals surface area (Å²) in [5.41, 5.74) is -0.250. The molecule has 0 atom stereocenters. The Morgan fingerprint density at radius 2 is 2.06 bits per heavy atom. The van der Waals surface area contributed by atoms with Gasteiger partial charge in [0.05, 0.1) is 6.61 Å². The summed E-state index contributed by atoms with van der Waals surface area (Å²) in [6.07, 6.45) is -4.12. The number of aliphatic hydroxyl groups is 1. The van der Waals surface area contributed by atoms with Gasteiger partial charge < -0.3 is 9.84 Å². The van der Waals surface area contributed by atoms with E-state index in [0.29, 0.717) is 0 Å². The van der Waals surface area contributed by atoms with Gasteiger partial charge in [0.15, 0.2) is 5.82 Å². The van der Waals surface area contributed by atoms with E-state index in [1.165, 1.54) is 0 Å². The Morgan fingerprint density at radius 3 is 2.50 bits per heavy atom. The van der Waals surface area contributed by atoms with Crippen molar-refractivity contribution in [3.63, 3.8) is 0 Å². The van der Waals surface area contributed by atoms with Crippen LogP contribution >= 0.6 is 11.6 Å². The zero-order chi connectivity index (χ0) is 12.3. The van der Waals surface area contributed by atoms with Crippen molar-refractivity contribution in [1.29, 1.82) is 0 Å². The summed E-state index contributed by atoms with van der Waals surface area (Å²) in [5.74, 6) is -2.77. The zero-order valence-electron chi connectivity index (χ0n) is 7.68. The molecule has 0 fully saturated rings. The van der Waals surface area contributed by atoms with E-state index in [1.54, 1.807) is 0 Å². The SMILES string of the molecule is OCc1c(CCl)cnc(OC(F)(F)F)c1F. The molecule has 0 unspecified atom stereocenters. The molecule has 16 heavy (non-hydrogen) atoms.